The first-order valence-corrected chi connectivity index (χ1v) is 12.0. The maximum Gasteiger partial charge on any atom is 0.308 e. The molecule has 3 fully saturated rings. The van der Waals surface area contributed by atoms with Gasteiger partial charge >= 0.3 is 5.97 Å². The summed E-state index contributed by atoms with van der Waals surface area (Å²) in [6, 6.07) is 8.59. The molecule has 0 radical (unpaired) electrons. The van der Waals surface area contributed by atoms with E-state index in [4.69, 9.17) is 11.6 Å². The van der Waals surface area contributed by atoms with E-state index in [0.717, 1.165) is 25.7 Å². The minimum absolute atomic E-state index is 0.0120. The van der Waals surface area contributed by atoms with Gasteiger partial charge in [0, 0.05) is 17.8 Å². The third-order valence-corrected chi connectivity index (χ3v) is 7.48. The highest BCUT2D eigenvalue weighted by Gasteiger charge is 2.47. The van der Waals surface area contributed by atoms with Crippen LogP contribution in [0.15, 0.2) is 42.7 Å². The van der Waals surface area contributed by atoms with Crippen molar-refractivity contribution in [2.24, 2.45) is 17.8 Å². The summed E-state index contributed by atoms with van der Waals surface area (Å²) in [4.78, 5) is 32.8. The molecule has 3 aliphatic carbocycles. The Morgan fingerprint density at radius 2 is 1.83 bits per heavy atom. The number of nitrogens with zero attached hydrogens (tertiary/aromatic N) is 4. The number of benzene rings is 1. The van der Waals surface area contributed by atoms with Crippen molar-refractivity contribution in [3.8, 4) is 22.6 Å². The fraction of sp³-hybridized carbons (Fsp3) is 0.320. The minimum atomic E-state index is -0.851. The van der Waals surface area contributed by atoms with Crippen molar-refractivity contribution in [1.82, 2.24) is 24.9 Å². The van der Waals surface area contributed by atoms with Gasteiger partial charge in [-0.3, -0.25) is 4.79 Å². The number of hydrogen-bond donors (Lipinski definition) is 3. The van der Waals surface area contributed by atoms with Crippen LogP contribution in [0.25, 0.3) is 33.8 Å². The molecule has 0 spiro atoms. The summed E-state index contributed by atoms with van der Waals surface area (Å²) in [5, 5.41) is 13.4. The number of aliphatic carboxylic acids is 1. The number of halogens is 2. The molecule has 2 atom stereocenters. The number of aromatic amines is 1. The molecule has 3 aromatic heterocycles. The maximum atomic E-state index is 15.9. The lowest BCUT2D eigenvalue weighted by molar-refractivity contribution is -0.148. The Kier molecular flexibility index (Phi) is 5.36. The fourth-order valence-electron chi connectivity index (χ4n) is 5.66. The molecule has 0 amide bonds. The molecule has 8 nitrogen and oxygen atoms in total. The first kappa shape index (κ1) is 21.9. The number of hydrogen-bond acceptors (Lipinski definition) is 6. The van der Waals surface area contributed by atoms with Crippen LogP contribution in [0.4, 0.5) is 10.2 Å². The van der Waals surface area contributed by atoms with Gasteiger partial charge in [0.25, 0.3) is 0 Å². The first-order valence-electron chi connectivity index (χ1n) is 11.6. The molecular formula is C25H22ClFN6O2. The van der Waals surface area contributed by atoms with Crippen molar-refractivity contribution in [1.29, 1.82) is 0 Å². The maximum absolute atomic E-state index is 15.9. The SMILES string of the molecule is O=C(O)C1C2CCC(CC2)C1Nc1nc(-c2c[nH]c3ncc(Cl)nc23)nc(-c2ccccc2)c1F. The molecule has 3 aliphatic rings. The Hall–Kier alpha value is -3.59. The Balaban J connectivity index is 1.50. The van der Waals surface area contributed by atoms with E-state index < -0.39 is 23.7 Å². The number of H-pyrrole nitrogens is 1. The molecule has 10 heteroatoms. The van der Waals surface area contributed by atoms with E-state index in [1.165, 1.54) is 6.20 Å². The molecular weight excluding hydrogens is 471 g/mol. The van der Waals surface area contributed by atoms with Crippen molar-refractivity contribution in [2.75, 3.05) is 5.32 Å². The highest BCUT2D eigenvalue weighted by atomic mass is 35.5. The van der Waals surface area contributed by atoms with Gasteiger partial charge < -0.3 is 15.4 Å². The molecule has 2 bridgehead atoms. The molecule has 0 saturated heterocycles. The second-order valence-corrected chi connectivity index (χ2v) is 9.61. The fourth-order valence-corrected chi connectivity index (χ4v) is 5.79. The summed E-state index contributed by atoms with van der Waals surface area (Å²) >= 11 is 6.07. The van der Waals surface area contributed by atoms with Gasteiger partial charge in [0.15, 0.2) is 23.1 Å². The Bertz CT molecular complexity index is 1420. The molecule has 0 aliphatic heterocycles. The van der Waals surface area contributed by atoms with Crippen LogP contribution in [0.1, 0.15) is 25.7 Å². The summed E-state index contributed by atoms with van der Waals surface area (Å²) < 4.78 is 15.9. The summed E-state index contributed by atoms with van der Waals surface area (Å²) in [6.07, 6.45) is 6.72. The largest absolute Gasteiger partial charge is 0.481 e. The minimum Gasteiger partial charge on any atom is -0.481 e. The van der Waals surface area contributed by atoms with Crippen LogP contribution in [-0.4, -0.2) is 42.0 Å². The average Bonchev–Trinajstić information content (AvgIpc) is 3.29. The Morgan fingerprint density at radius 1 is 1.09 bits per heavy atom. The van der Waals surface area contributed by atoms with Crippen molar-refractivity contribution >= 4 is 34.6 Å². The van der Waals surface area contributed by atoms with Gasteiger partial charge in [0.05, 0.1) is 17.7 Å². The quantitative estimate of drug-likeness (QED) is 0.351. The van der Waals surface area contributed by atoms with Gasteiger partial charge in [0.1, 0.15) is 16.4 Å². The number of carboxylic acids is 1. The number of anilines is 1. The summed E-state index contributed by atoms with van der Waals surface area (Å²) in [7, 11) is 0. The normalized spacial score (nSPS) is 23.5. The first-order chi connectivity index (χ1) is 17.0. The van der Waals surface area contributed by atoms with Crippen molar-refractivity contribution in [3.63, 3.8) is 0 Å². The van der Waals surface area contributed by atoms with Crippen LogP contribution in [-0.2, 0) is 4.79 Å². The highest BCUT2D eigenvalue weighted by molar-refractivity contribution is 6.29. The van der Waals surface area contributed by atoms with Crippen LogP contribution in [0.3, 0.4) is 0 Å². The second kappa shape index (κ2) is 8.57. The van der Waals surface area contributed by atoms with Gasteiger partial charge in [-0.15, -0.1) is 0 Å². The van der Waals surface area contributed by atoms with E-state index in [1.54, 1.807) is 30.5 Å². The van der Waals surface area contributed by atoms with Gasteiger partial charge in [-0.05, 0) is 37.5 Å². The predicted octanol–water partition coefficient (Wildman–Crippen LogP) is 5.18. The van der Waals surface area contributed by atoms with E-state index in [2.05, 4.69) is 30.2 Å². The van der Waals surface area contributed by atoms with Crippen LogP contribution in [0.2, 0.25) is 5.15 Å². The zero-order chi connectivity index (χ0) is 24.1. The summed E-state index contributed by atoms with van der Waals surface area (Å²) in [6.45, 7) is 0. The highest BCUT2D eigenvalue weighted by Crippen LogP contribution is 2.46. The molecule has 3 heterocycles. The Labute approximate surface area is 205 Å². The summed E-state index contributed by atoms with van der Waals surface area (Å²) in [5.74, 6) is -1.59. The average molecular weight is 493 g/mol. The van der Waals surface area contributed by atoms with Gasteiger partial charge in [0.2, 0.25) is 0 Å². The molecule has 7 rings (SSSR count). The van der Waals surface area contributed by atoms with Crippen molar-refractivity contribution in [2.45, 2.75) is 31.7 Å². The molecule has 3 N–H and O–H groups in total. The van der Waals surface area contributed by atoms with Crippen molar-refractivity contribution < 1.29 is 14.3 Å². The van der Waals surface area contributed by atoms with Gasteiger partial charge in [-0.2, -0.15) is 0 Å². The lowest BCUT2D eigenvalue weighted by Gasteiger charge is -2.47. The number of rotatable bonds is 5. The molecule has 1 aromatic carbocycles. The monoisotopic (exact) mass is 492 g/mol. The molecule has 178 valence electrons. The number of fused-ring (bicyclic) bond motifs is 4. The molecule has 4 aromatic rings. The number of carboxylic acid groups (broad SMARTS) is 1. The standard InChI is InChI=1S/C25H22ClFN6O2/c26-16-11-29-24-21(30-16)15(10-28-24)22-32-20(13-4-2-1-3-5-13)18(27)23(33-22)31-19-14-8-6-12(7-9-14)17(19)25(34)35/h1-5,10-12,14,17,19H,6-9H2,(H,28,29)(H,34,35)(H,31,32,33). The lowest BCUT2D eigenvalue weighted by atomic mass is 9.61. The van der Waals surface area contributed by atoms with E-state index in [0.29, 0.717) is 22.3 Å². The smallest absolute Gasteiger partial charge is 0.308 e. The van der Waals surface area contributed by atoms with Crippen LogP contribution >= 0.6 is 11.6 Å². The topological polar surface area (TPSA) is 117 Å². The zero-order valence-corrected chi connectivity index (χ0v) is 19.3. The van der Waals surface area contributed by atoms with Crippen LogP contribution < -0.4 is 5.32 Å². The van der Waals surface area contributed by atoms with E-state index in [-0.39, 0.29) is 34.3 Å². The van der Waals surface area contributed by atoms with Gasteiger partial charge in [-0.25, -0.2) is 24.3 Å². The molecule has 2 unspecified atom stereocenters. The van der Waals surface area contributed by atoms with Crippen LogP contribution in [0, 0.1) is 23.6 Å². The van der Waals surface area contributed by atoms with Gasteiger partial charge in [-0.1, -0.05) is 41.9 Å². The summed E-state index contributed by atoms with van der Waals surface area (Å²) in [5.41, 5.74) is 2.20. The number of carbonyl (C=O) groups is 1. The third-order valence-electron chi connectivity index (χ3n) is 7.30. The second-order valence-electron chi connectivity index (χ2n) is 9.23. The third kappa shape index (κ3) is 3.80. The van der Waals surface area contributed by atoms with E-state index in [9.17, 15) is 9.90 Å². The van der Waals surface area contributed by atoms with E-state index in [1.807, 2.05) is 6.07 Å². The predicted molar refractivity (Wildman–Crippen MR) is 129 cm³/mol. The van der Waals surface area contributed by atoms with Crippen molar-refractivity contribution in [3.05, 3.63) is 53.7 Å². The lowest BCUT2D eigenvalue weighted by Crippen LogP contribution is -2.51. The number of aromatic nitrogens is 5. The molecule has 3 saturated carbocycles. The number of nitrogens with one attached hydrogen (secondary N) is 2. The molecule has 35 heavy (non-hydrogen) atoms. The zero-order valence-electron chi connectivity index (χ0n) is 18.6. The van der Waals surface area contributed by atoms with Crippen LogP contribution in [0.5, 0.6) is 0 Å². The Morgan fingerprint density at radius 3 is 2.57 bits per heavy atom. The van der Waals surface area contributed by atoms with E-state index >= 15 is 4.39 Å².